The van der Waals surface area contributed by atoms with Crippen LogP contribution < -0.4 is 29.6 Å². The molecular weight excluding hydrogens is 137 g/mol. The van der Waals surface area contributed by atoms with Crippen molar-refractivity contribution >= 4 is 6.08 Å². The summed E-state index contributed by atoms with van der Waals surface area (Å²) in [5.74, 6) is 0. The first-order chi connectivity index (χ1) is 4.35. The summed E-state index contributed by atoms with van der Waals surface area (Å²) in [6, 6.07) is 0. The minimum atomic E-state index is 0. The average Bonchev–Trinajstić information content (AvgIpc) is 1.88. The molecule has 0 N–H and O–H groups in total. The van der Waals surface area contributed by atoms with Gasteiger partial charge in [-0.3, -0.25) is 0 Å². The van der Waals surface area contributed by atoms with Crippen LogP contribution in [-0.2, 0) is 4.79 Å². The maximum Gasteiger partial charge on any atom is 1.00 e. The van der Waals surface area contributed by atoms with Crippen molar-refractivity contribution in [3.05, 3.63) is 25.3 Å². The summed E-state index contributed by atoms with van der Waals surface area (Å²) in [4.78, 5) is 9.99. The predicted octanol–water partition coefficient (Wildman–Crippen LogP) is -2.29. The molecule has 0 aromatic rings. The smallest absolute Gasteiger partial charge is 0.159 e. The maximum absolute atomic E-state index is 9.99. The zero-order chi connectivity index (χ0) is 7.11. The van der Waals surface area contributed by atoms with E-state index in [1.165, 1.54) is 4.58 Å². The van der Waals surface area contributed by atoms with Gasteiger partial charge in [0.05, 0.1) is 0 Å². The number of nitrogens with zero attached hydrogens (tertiary/aromatic N) is 1. The van der Waals surface area contributed by atoms with E-state index in [2.05, 4.69) is 13.2 Å². The van der Waals surface area contributed by atoms with E-state index < -0.39 is 0 Å². The molecule has 0 aromatic heterocycles. The minimum Gasteiger partial charge on any atom is -0.159 e. The SMILES string of the molecule is C=CC[N+](=C=O)CC=C.[Na+]. The van der Waals surface area contributed by atoms with Crippen LogP contribution in [-0.4, -0.2) is 23.7 Å². The van der Waals surface area contributed by atoms with Crippen LogP contribution in [0.1, 0.15) is 0 Å². The Balaban J connectivity index is 0. The van der Waals surface area contributed by atoms with Crippen molar-refractivity contribution in [2.24, 2.45) is 0 Å². The van der Waals surface area contributed by atoms with E-state index in [1.54, 1.807) is 18.2 Å². The van der Waals surface area contributed by atoms with Gasteiger partial charge in [-0.25, -0.2) is 0 Å². The molecule has 0 atom stereocenters. The van der Waals surface area contributed by atoms with Crippen molar-refractivity contribution in [2.75, 3.05) is 13.1 Å². The van der Waals surface area contributed by atoms with Gasteiger partial charge < -0.3 is 0 Å². The zero-order valence-corrected chi connectivity index (χ0v) is 8.34. The minimum absolute atomic E-state index is 0. The van der Waals surface area contributed by atoms with Crippen LogP contribution in [0.5, 0.6) is 0 Å². The first-order valence-electron chi connectivity index (χ1n) is 2.69. The van der Waals surface area contributed by atoms with Crippen LogP contribution in [0.15, 0.2) is 25.3 Å². The van der Waals surface area contributed by atoms with Gasteiger partial charge in [-0.15, -0.1) is 4.58 Å². The Hall–Kier alpha value is -0.140. The van der Waals surface area contributed by atoms with Gasteiger partial charge in [-0.05, 0) is 12.2 Å². The van der Waals surface area contributed by atoms with E-state index >= 15 is 0 Å². The molecule has 2 nitrogen and oxygen atoms in total. The Kier molecular flexibility index (Phi) is 11.1. The van der Waals surface area contributed by atoms with Crippen LogP contribution >= 0.6 is 0 Å². The molecule has 0 heterocycles. The molecule has 0 saturated carbocycles. The van der Waals surface area contributed by atoms with Gasteiger partial charge in [0.25, 0.3) is 0 Å². The summed E-state index contributed by atoms with van der Waals surface area (Å²) < 4.78 is 1.44. The van der Waals surface area contributed by atoms with Gasteiger partial charge in [-0.1, -0.05) is 13.2 Å². The fourth-order valence-electron chi connectivity index (χ4n) is 0.461. The van der Waals surface area contributed by atoms with E-state index in [9.17, 15) is 4.79 Å². The topological polar surface area (TPSA) is 20.1 Å². The standard InChI is InChI=1S/C7H10NO.Na/c1-3-5-8(7-9)6-4-2;/h3-4H,1-2,5-6H2;/q2*+1. The zero-order valence-electron chi connectivity index (χ0n) is 6.34. The van der Waals surface area contributed by atoms with Gasteiger partial charge in [0.1, 0.15) is 0 Å². The van der Waals surface area contributed by atoms with Crippen molar-refractivity contribution < 1.29 is 38.9 Å². The molecule has 0 aliphatic carbocycles. The summed E-state index contributed by atoms with van der Waals surface area (Å²) in [5.41, 5.74) is 0. The molecule has 0 unspecified atom stereocenters. The van der Waals surface area contributed by atoms with E-state index in [1.807, 2.05) is 0 Å². The van der Waals surface area contributed by atoms with Gasteiger partial charge >= 0.3 is 35.6 Å². The molecule has 48 valence electrons. The second kappa shape index (κ2) is 8.86. The third-order valence-corrected chi connectivity index (χ3v) is 0.828. The Morgan fingerprint density at radius 1 is 1.30 bits per heavy atom. The molecule has 0 spiro atoms. The normalized spacial score (nSPS) is 6.80. The number of isocyanates is 1. The van der Waals surface area contributed by atoms with E-state index in [0.717, 1.165) is 0 Å². The van der Waals surface area contributed by atoms with Gasteiger partial charge in [-0.2, -0.15) is 4.79 Å². The second-order valence-corrected chi connectivity index (χ2v) is 1.57. The maximum atomic E-state index is 9.99. The monoisotopic (exact) mass is 147 g/mol. The van der Waals surface area contributed by atoms with E-state index in [-0.39, 0.29) is 29.6 Å². The molecule has 0 bridgehead atoms. The van der Waals surface area contributed by atoms with E-state index in [0.29, 0.717) is 13.1 Å². The molecule has 3 heteroatoms. The summed E-state index contributed by atoms with van der Waals surface area (Å²) in [7, 11) is 0. The van der Waals surface area contributed by atoms with Crippen LogP contribution in [0, 0.1) is 0 Å². The summed E-state index contributed by atoms with van der Waals surface area (Å²) in [6.45, 7) is 8.03. The number of rotatable bonds is 4. The van der Waals surface area contributed by atoms with Crippen LogP contribution in [0.2, 0.25) is 0 Å². The fraction of sp³-hybridized carbons (Fsp3) is 0.286. The Morgan fingerprint density at radius 2 is 1.70 bits per heavy atom. The van der Waals surface area contributed by atoms with Gasteiger partial charge in [0.2, 0.25) is 0 Å². The molecular formula is C7H10NNaO+2. The molecule has 0 amide bonds. The Labute approximate surface area is 83.2 Å². The largest absolute Gasteiger partial charge is 1.00 e. The Morgan fingerprint density at radius 3 is 1.90 bits per heavy atom. The third-order valence-electron chi connectivity index (χ3n) is 0.828. The number of carbonyl (C=O) groups excluding carboxylic acids is 1. The quantitative estimate of drug-likeness (QED) is 0.144. The van der Waals surface area contributed by atoms with Crippen LogP contribution in [0.25, 0.3) is 0 Å². The first kappa shape index (κ1) is 12.5. The third kappa shape index (κ3) is 5.99. The van der Waals surface area contributed by atoms with Gasteiger partial charge in [0, 0.05) is 0 Å². The molecule has 0 fully saturated rings. The summed E-state index contributed by atoms with van der Waals surface area (Å²) >= 11 is 0. The fourth-order valence-corrected chi connectivity index (χ4v) is 0.461. The molecule has 0 rings (SSSR count). The number of hydrogen-bond acceptors (Lipinski definition) is 1. The molecule has 0 radical (unpaired) electrons. The van der Waals surface area contributed by atoms with E-state index in [4.69, 9.17) is 0 Å². The second-order valence-electron chi connectivity index (χ2n) is 1.57. The molecule has 0 aromatic carbocycles. The molecule has 0 saturated heterocycles. The van der Waals surface area contributed by atoms with Crippen molar-refractivity contribution in [3.63, 3.8) is 0 Å². The predicted molar refractivity (Wildman–Crippen MR) is 36.1 cm³/mol. The summed E-state index contributed by atoms with van der Waals surface area (Å²) in [5, 5.41) is 0. The molecule has 0 aliphatic heterocycles. The van der Waals surface area contributed by atoms with Crippen molar-refractivity contribution in [1.29, 1.82) is 0 Å². The van der Waals surface area contributed by atoms with Crippen molar-refractivity contribution in [1.82, 2.24) is 0 Å². The summed E-state index contributed by atoms with van der Waals surface area (Å²) in [6.07, 6.45) is 5.04. The van der Waals surface area contributed by atoms with Crippen LogP contribution in [0.3, 0.4) is 0 Å². The number of hydrogen-bond donors (Lipinski definition) is 0. The average molecular weight is 147 g/mol. The van der Waals surface area contributed by atoms with Gasteiger partial charge in [0.15, 0.2) is 13.1 Å². The Bertz CT molecular complexity index is 147. The van der Waals surface area contributed by atoms with Crippen molar-refractivity contribution in [3.8, 4) is 0 Å². The van der Waals surface area contributed by atoms with Crippen LogP contribution in [0.4, 0.5) is 0 Å². The van der Waals surface area contributed by atoms with Crippen molar-refractivity contribution in [2.45, 2.75) is 0 Å². The molecule has 10 heavy (non-hydrogen) atoms. The molecule has 0 aliphatic rings. The first-order valence-corrected chi connectivity index (χ1v) is 2.69.